The summed E-state index contributed by atoms with van der Waals surface area (Å²) >= 11 is 0. The summed E-state index contributed by atoms with van der Waals surface area (Å²) in [5, 5.41) is 14.6. The fraction of sp³-hybridized carbons (Fsp3) is 0.182. The van der Waals surface area contributed by atoms with Gasteiger partial charge in [0.25, 0.3) is 11.6 Å². The molecular formula is C22H21N3O5. The molecule has 154 valence electrons. The zero-order chi connectivity index (χ0) is 21.7. The average molecular weight is 407 g/mol. The van der Waals surface area contributed by atoms with Crippen LogP contribution < -0.4 is 10.2 Å². The molecule has 1 aromatic heterocycles. The van der Waals surface area contributed by atoms with E-state index < -0.39 is 10.8 Å². The number of nitro benzene ring substituents is 1. The molecule has 3 aromatic rings. The number of benzene rings is 2. The van der Waals surface area contributed by atoms with Crippen LogP contribution in [0.3, 0.4) is 0 Å². The van der Waals surface area contributed by atoms with Crippen LogP contribution in [0.15, 0.2) is 58.0 Å². The van der Waals surface area contributed by atoms with Gasteiger partial charge < -0.3 is 9.15 Å². The van der Waals surface area contributed by atoms with Gasteiger partial charge in [-0.05, 0) is 61.7 Å². The molecule has 0 saturated carbocycles. The summed E-state index contributed by atoms with van der Waals surface area (Å²) in [5.74, 6) is 1.27. The Kier molecular flexibility index (Phi) is 6.26. The molecule has 0 atom stereocenters. The molecule has 0 aliphatic heterocycles. The highest BCUT2D eigenvalue weighted by molar-refractivity contribution is 5.81. The van der Waals surface area contributed by atoms with E-state index in [1.807, 2.05) is 32.9 Å². The summed E-state index contributed by atoms with van der Waals surface area (Å²) in [6.45, 7) is 5.71. The summed E-state index contributed by atoms with van der Waals surface area (Å²) in [7, 11) is 0. The van der Waals surface area contributed by atoms with E-state index in [9.17, 15) is 14.9 Å². The number of furan rings is 1. The fourth-order valence-corrected chi connectivity index (χ4v) is 2.81. The number of aryl methyl sites for hydroxylation is 2. The molecule has 1 N–H and O–H groups in total. The first kappa shape index (κ1) is 20.8. The highest BCUT2D eigenvalue weighted by Gasteiger charge is 2.10. The number of ether oxygens (including phenoxy) is 1. The lowest BCUT2D eigenvalue weighted by Crippen LogP contribution is -2.25. The van der Waals surface area contributed by atoms with E-state index in [1.54, 1.807) is 24.3 Å². The Morgan fingerprint density at radius 3 is 2.50 bits per heavy atom. The fourth-order valence-electron chi connectivity index (χ4n) is 2.81. The highest BCUT2D eigenvalue weighted by Crippen LogP contribution is 2.26. The van der Waals surface area contributed by atoms with Crippen molar-refractivity contribution in [2.24, 2.45) is 5.10 Å². The molecule has 8 heteroatoms. The number of nitrogens with one attached hydrogen (secondary N) is 1. The number of nitro groups is 1. The lowest BCUT2D eigenvalue weighted by atomic mass is 10.1. The van der Waals surface area contributed by atoms with Gasteiger partial charge in [-0.25, -0.2) is 5.43 Å². The van der Waals surface area contributed by atoms with Gasteiger partial charge in [-0.3, -0.25) is 14.9 Å². The van der Waals surface area contributed by atoms with E-state index in [1.165, 1.54) is 18.3 Å². The van der Waals surface area contributed by atoms with E-state index in [-0.39, 0.29) is 12.3 Å². The molecule has 3 rings (SSSR count). The van der Waals surface area contributed by atoms with Crippen molar-refractivity contribution in [1.82, 2.24) is 5.43 Å². The maximum atomic E-state index is 12.0. The Morgan fingerprint density at radius 1 is 1.10 bits per heavy atom. The Bertz CT molecular complexity index is 1100. The van der Waals surface area contributed by atoms with Crippen LogP contribution >= 0.6 is 0 Å². The summed E-state index contributed by atoms with van der Waals surface area (Å²) in [4.78, 5) is 22.3. The lowest BCUT2D eigenvalue weighted by Gasteiger charge is -2.13. The molecule has 2 aromatic carbocycles. The van der Waals surface area contributed by atoms with Gasteiger partial charge in [-0.15, -0.1) is 0 Å². The molecular weight excluding hydrogens is 386 g/mol. The van der Waals surface area contributed by atoms with E-state index in [2.05, 4.69) is 10.5 Å². The van der Waals surface area contributed by atoms with Crippen LogP contribution in [-0.2, 0) is 4.79 Å². The zero-order valence-electron chi connectivity index (χ0n) is 16.8. The number of amides is 1. The number of nitrogens with zero attached hydrogens (tertiary/aromatic N) is 2. The Morgan fingerprint density at radius 2 is 1.80 bits per heavy atom. The molecule has 0 saturated heterocycles. The number of carbonyl (C=O) groups excluding carboxylic acids is 1. The van der Waals surface area contributed by atoms with Crippen LogP contribution in [0.2, 0.25) is 0 Å². The van der Waals surface area contributed by atoms with Crippen molar-refractivity contribution in [2.75, 3.05) is 6.61 Å². The van der Waals surface area contributed by atoms with Gasteiger partial charge in [0.15, 0.2) is 6.61 Å². The zero-order valence-corrected chi connectivity index (χ0v) is 16.8. The third-order valence-electron chi connectivity index (χ3n) is 4.59. The topological polar surface area (TPSA) is 107 Å². The maximum absolute atomic E-state index is 12.0. The third kappa shape index (κ3) is 4.91. The molecule has 0 aliphatic carbocycles. The van der Waals surface area contributed by atoms with Crippen molar-refractivity contribution in [3.63, 3.8) is 0 Å². The molecule has 1 heterocycles. The van der Waals surface area contributed by atoms with Gasteiger partial charge in [-0.2, -0.15) is 5.10 Å². The van der Waals surface area contributed by atoms with Crippen molar-refractivity contribution in [3.8, 4) is 17.1 Å². The summed E-state index contributed by atoms with van der Waals surface area (Å²) in [6, 6.07) is 13.4. The first-order valence-corrected chi connectivity index (χ1v) is 9.21. The standard InChI is InChI=1S/C22H21N3O5/c1-14-4-5-15(2)22(16(14)3)29-13-21(26)24-23-12-19-10-11-20(30-19)17-6-8-18(9-7-17)25(27)28/h4-12H,13H2,1-3H3,(H,24,26). The van der Waals surface area contributed by atoms with Gasteiger partial charge in [0.2, 0.25) is 0 Å². The van der Waals surface area contributed by atoms with E-state index in [0.29, 0.717) is 22.8 Å². The summed E-state index contributed by atoms with van der Waals surface area (Å²) in [6.07, 6.45) is 1.37. The number of hydrogen-bond acceptors (Lipinski definition) is 6. The smallest absolute Gasteiger partial charge is 0.277 e. The molecule has 0 spiro atoms. The second-order valence-electron chi connectivity index (χ2n) is 6.74. The first-order chi connectivity index (χ1) is 14.3. The molecule has 0 bridgehead atoms. The SMILES string of the molecule is Cc1ccc(C)c(OCC(=O)NN=Cc2ccc(-c3ccc([N+](=O)[O-])cc3)o2)c1C. The minimum Gasteiger partial charge on any atom is -0.483 e. The van der Waals surface area contributed by atoms with Gasteiger partial charge in [0.05, 0.1) is 11.1 Å². The van der Waals surface area contributed by atoms with Gasteiger partial charge in [-0.1, -0.05) is 12.1 Å². The number of carbonyl (C=O) groups is 1. The molecule has 0 aliphatic rings. The van der Waals surface area contributed by atoms with E-state index >= 15 is 0 Å². The Balaban J connectivity index is 1.55. The molecule has 8 nitrogen and oxygen atoms in total. The van der Waals surface area contributed by atoms with Gasteiger partial charge in [0, 0.05) is 17.7 Å². The Labute approximate surface area is 173 Å². The minimum absolute atomic E-state index is 0.00748. The third-order valence-corrected chi connectivity index (χ3v) is 4.59. The average Bonchev–Trinajstić information content (AvgIpc) is 3.20. The Hall–Kier alpha value is -3.94. The predicted octanol–water partition coefficient (Wildman–Crippen LogP) is 4.31. The number of hydrogen-bond donors (Lipinski definition) is 1. The molecule has 0 unspecified atom stereocenters. The van der Waals surface area contributed by atoms with Crippen LogP contribution in [0.1, 0.15) is 22.5 Å². The monoisotopic (exact) mass is 407 g/mol. The molecule has 0 radical (unpaired) electrons. The number of hydrazone groups is 1. The largest absolute Gasteiger partial charge is 0.483 e. The predicted molar refractivity (Wildman–Crippen MR) is 113 cm³/mol. The molecule has 1 amide bonds. The van der Waals surface area contributed by atoms with Gasteiger partial charge >= 0.3 is 0 Å². The van der Waals surface area contributed by atoms with E-state index in [4.69, 9.17) is 9.15 Å². The normalized spacial score (nSPS) is 10.9. The van der Waals surface area contributed by atoms with Crippen molar-refractivity contribution in [2.45, 2.75) is 20.8 Å². The number of non-ortho nitro benzene ring substituents is 1. The van der Waals surface area contributed by atoms with Crippen LogP contribution in [0.4, 0.5) is 5.69 Å². The van der Waals surface area contributed by atoms with Gasteiger partial charge in [0.1, 0.15) is 17.3 Å². The minimum atomic E-state index is -0.460. The highest BCUT2D eigenvalue weighted by atomic mass is 16.6. The van der Waals surface area contributed by atoms with E-state index in [0.717, 1.165) is 16.7 Å². The van der Waals surface area contributed by atoms with Crippen molar-refractivity contribution >= 4 is 17.8 Å². The first-order valence-electron chi connectivity index (χ1n) is 9.21. The summed E-state index contributed by atoms with van der Waals surface area (Å²) in [5.41, 5.74) is 6.15. The molecule has 30 heavy (non-hydrogen) atoms. The van der Waals surface area contributed by atoms with Crippen LogP contribution in [-0.4, -0.2) is 23.7 Å². The van der Waals surface area contributed by atoms with Crippen molar-refractivity contribution in [3.05, 3.63) is 81.1 Å². The summed E-state index contributed by atoms with van der Waals surface area (Å²) < 4.78 is 11.3. The maximum Gasteiger partial charge on any atom is 0.277 e. The lowest BCUT2D eigenvalue weighted by molar-refractivity contribution is -0.384. The van der Waals surface area contributed by atoms with Crippen LogP contribution in [0, 0.1) is 30.9 Å². The van der Waals surface area contributed by atoms with Crippen molar-refractivity contribution < 1.29 is 18.9 Å². The number of rotatable bonds is 7. The van der Waals surface area contributed by atoms with Crippen molar-refractivity contribution in [1.29, 1.82) is 0 Å². The van der Waals surface area contributed by atoms with Crippen LogP contribution in [0.25, 0.3) is 11.3 Å². The van der Waals surface area contributed by atoms with Crippen LogP contribution in [0.5, 0.6) is 5.75 Å². The second kappa shape index (κ2) is 9.04. The quantitative estimate of drug-likeness (QED) is 0.357. The molecule has 0 fully saturated rings. The second-order valence-corrected chi connectivity index (χ2v) is 6.74.